The third-order valence-electron chi connectivity index (χ3n) is 4.22. The number of amides is 2. The zero-order chi connectivity index (χ0) is 18.2. The van der Waals surface area contributed by atoms with Crippen molar-refractivity contribution in [3.05, 3.63) is 0 Å². The molecule has 1 rings (SSSR count). The molecule has 25 heavy (non-hydrogen) atoms. The number of rotatable bonds is 7. The molecule has 2 amide bonds. The predicted molar refractivity (Wildman–Crippen MR) is 112 cm³/mol. The standard InChI is InChI=1S/C17H33N5O2.HI/c1-6-18-15(24)17(2,3)12-20-16(19-11-14(23)22(4)5)21-13-9-7-8-10-13;/h13H,6-12H2,1-5H3,(H,18,24)(H2,19,20,21);1H. The number of likely N-dealkylation sites (N-methyl/N-ethyl adjacent to an activating group) is 1. The molecule has 0 aromatic heterocycles. The lowest BCUT2D eigenvalue weighted by Gasteiger charge is -2.26. The molecule has 146 valence electrons. The Morgan fingerprint density at radius 3 is 2.28 bits per heavy atom. The van der Waals surface area contributed by atoms with Crippen LogP contribution in [0, 0.1) is 5.41 Å². The van der Waals surface area contributed by atoms with E-state index in [1.54, 1.807) is 14.1 Å². The summed E-state index contributed by atoms with van der Waals surface area (Å²) in [5.74, 6) is 0.557. The van der Waals surface area contributed by atoms with Crippen LogP contribution < -0.4 is 16.0 Å². The largest absolute Gasteiger partial charge is 0.356 e. The lowest BCUT2D eigenvalue weighted by Crippen LogP contribution is -2.49. The summed E-state index contributed by atoms with van der Waals surface area (Å²) < 4.78 is 0. The van der Waals surface area contributed by atoms with Crippen LogP contribution in [0.3, 0.4) is 0 Å². The van der Waals surface area contributed by atoms with Gasteiger partial charge in [-0.1, -0.05) is 12.8 Å². The van der Waals surface area contributed by atoms with Crippen LogP contribution in [0.4, 0.5) is 0 Å². The van der Waals surface area contributed by atoms with Crippen molar-refractivity contribution in [3.8, 4) is 0 Å². The van der Waals surface area contributed by atoms with E-state index in [-0.39, 0.29) is 42.3 Å². The summed E-state index contributed by atoms with van der Waals surface area (Å²) in [6.07, 6.45) is 4.65. The minimum absolute atomic E-state index is 0. The van der Waals surface area contributed by atoms with Gasteiger partial charge in [0, 0.05) is 33.2 Å². The first-order valence-corrected chi connectivity index (χ1v) is 8.79. The van der Waals surface area contributed by atoms with Gasteiger partial charge in [-0.3, -0.25) is 9.59 Å². The van der Waals surface area contributed by atoms with Gasteiger partial charge in [0.15, 0.2) is 5.96 Å². The smallest absolute Gasteiger partial charge is 0.243 e. The third kappa shape index (κ3) is 8.73. The van der Waals surface area contributed by atoms with Crippen molar-refractivity contribution in [3.63, 3.8) is 0 Å². The van der Waals surface area contributed by atoms with E-state index in [2.05, 4.69) is 20.9 Å². The summed E-state index contributed by atoms with van der Waals surface area (Å²) in [5, 5.41) is 9.47. The first kappa shape index (κ1) is 23.9. The molecule has 1 fully saturated rings. The van der Waals surface area contributed by atoms with Crippen LogP contribution in [0.15, 0.2) is 4.99 Å². The van der Waals surface area contributed by atoms with Gasteiger partial charge in [-0.15, -0.1) is 24.0 Å². The molecule has 7 nitrogen and oxygen atoms in total. The van der Waals surface area contributed by atoms with Gasteiger partial charge in [0.1, 0.15) is 6.54 Å². The maximum atomic E-state index is 12.1. The Balaban J connectivity index is 0.00000576. The molecule has 0 spiro atoms. The molecule has 1 aliphatic carbocycles. The van der Waals surface area contributed by atoms with Gasteiger partial charge in [-0.2, -0.15) is 0 Å². The van der Waals surface area contributed by atoms with Crippen LogP contribution in [0.5, 0.6) is 0 Å². The average molecular weight is 467 g/mol. The highest BCUT2D eigenvalue weighted by atomic mass is 127. The van der Waals surface area contributed by atoms with Crippen LogP contribution in [0.1, 0.15) is 46.5 Å². The fraction of sp³-hybridized carbons (Fsp3) is 0.824. The minimum Gasteiger partial charge on any atom is -0.356 e. The van der Waals surface area contributed by atoms with Crippen LogP contribution in [0.2, 0.25) is 0 Å². The highest BCUT2D eigenvalue weighted by molar-refractivity contribution is 14.0. The Labute approximate surface area is 168 Å². The first-order chi connectivity index (χ1) is 11.3. The molecule has 0 aromatic rings. The Morgan fingerprint density at radius 1 is 1.16 bits per heavy atom. The fourth-order valence-electron chi connectivity index (χ4n) is 2.49. The van der Waals surface area contributed by atoms with Crippen molar-refractivity contribution < 1.29 is 9.59 Å². The topological polar surface area (TPSA) is 85.8 Å². The van der Waals surface area contributed by atoms with E-state index in [1.165, 1.54) is 17.7 Å². The molecule has 8 heteroatoms. The second-order valence-electron chi connectivity index (χ2n) is 7.18. The van der Waals surface area contributed by atoms with E-state index in [0.29, 0.717) is 25.1 Å². The molecule has 0 bridgehead atoms. The highest BCUT2D eigenvalue weighted by Gasteiger charge is 2.27. The normalized spacial score (nSPS) is 15.3. The van der Waals surface area contributed by atoms with Gasteiger partial charge in [-0.25, -0.2) is 4.99 Å². The summed E-state index contributed by atoms with van der Waals surface area (Å²) in [4.78, 5) is 29.8. The predicted octanol–water partition coefficient (Wildman–Crippen LogP) is 1.33. The Hall–Kier alpha value is -1.06. The van der Waals surface area contributed by atoms with Crippen molar-refractivity contribution in [2.45, 2.75) is 52.5 Å². The molecule has 1 aliphatic rings. The van der Waals surface area contributed by atoms with Crippen LogP contribution >= 0.6 is 24.0 Å². The van der Waals surface area contributed by atoms with Crippen LogP contribution in [-0.4, -0.2) is 62.4 Å². The zero-order valence-electron chi connectivity index (χ0n) is 16.1. The van der Waals surface area contributed by atoms with Gasteiger partial charge in [0.2, 0.25) is 11.8 Å². The lowest BCUT2D eigenvalue weighted by atomic mass is 9.92. The summed E-state index contributed by atoms with van der Waals surface area (Å²) in [6.45, 7) is 6.85. The number of nitrogens with zero attached hydrogens (tertiary/aromatic N) is 2. The number of nitrogens with one attached hydrogen (secondary N) is 3. The molecule has 0 heterocycles. The summed E-state index contributed by atoms with van der Waals surface area (Å²) >= 11 is 0. The fourth-order valence-corrected chi connectivity index (χ4v) is 2.49. The second-order valence-corrected chi connectivity index (χ2v) is 7.18. The van der Waals surface area contributed by atoms with E-state index >= 15 is 0 Å². The minimum atomic E-state index is -0.556. The second kappa shape index (κ2) is 11.5. The first-order valence-electron chi connectivity index (χ1n) is 8.79. The number of guanidine groups is 1. The molecule has 0 atom stereocenters. The summed E-state index contributed by atoms with van der Waals surface area (Å²) in [7, 11) is 3.43. The molecule has 0 unspecified atom stereocenters. The Bertz CT molecular complexity index is 460. The summed E-state index contributed by atoms with van der Waals surface area (Å²) in [6, 6.07) is 0.387. The van der Waals surface area contributed by atoms with Gasteiger partial charge in [0.05, 0.1) is 5.41 Å². The quantitative estimate of drug-likeness (QED) is 0.300. The lowest BCUT2D eigenvalue weighted by molar-refractivity contribution is -0.129. The van der Waals surface area contributed by atoms with Crippen molar-refractivity contribution in [1.82, 2.24) is 20.9 Å². The molecular formula is C17H34IN5O2. The number of aliphatic imine (C=N–C) groups is 1. The maximum Gasteiger partial charge on any atom is 0.243 e. The number of hydrogen-bond donors (Lipinski definition) is 3. The molecule has 0 aromatic carbocycles. The third-order valence-corrected chi connectivity index (χ3v) is 4.22. The van der Waals surface area contributed by atoms with Crippen molar-refractivity contribution in [1.29, 1.82) is 0 Å². The van der Waals surface area contributed by atoms with Crippen LogP contribution in [0.25, 0.3) is 0 Å². The monoisotopic (exact) mass is 467 g/mol. The average Bonchev–Trinajstić information content (AvgIpc) is 3.02. The van der Waals surface area contributed by atoms with E-state index < -0.39 is 5.41 Å². The van der Waals surface area contributed by atoms with Gasteiger partial charge < -0.3 is 20.9 Å². The van der Waals surface area contributed by atoms with Crippen LogP contribution in [-0.2, 0) is 9.59 Å². The Morgan fingerprint density at radius 2 is 1.76 bits per heavy atom. The number of carbonyl (C=O) groups excluding carboxylic acids is 2. The number of hydrogen-bond acceptors (Lipinski definition) is 3. The molecule has 0 aliphatic heterocycles. The number of carbonyl (C=O) groups is 2. The van der Waals surface area contributed by atoms with E-state index in [1.807, 2.05) is 20.8 Å². The van der Waals surface area contributed by atoms with E-state index in [0.717, 1.165) is 12.8 Å². The zero-order valence-corrected chi connectivity index (χ0v) is 18.5. The van der Waals surface area contributed by atoms with Gasteiger partial charge >= 0.3 is 0 Å². The number of halogens is 1. The van der Waals surface area contributed by atoms with Crippen molar-refractivity contribution in [2.24, 2.45) is 10.4 Å². The summed E-state index contributed by atoms with van der Waals surface area (Å²) in [5.41, 5.74) is -0.556. The molecule has 1 saturated carbocycles. The SMILES string of the molecule is CCNC(=O)C(C)(C)CNC(=NCC(=O)N(C)C)NC1CCCC1.I. The maximum absolute atomic E-state index is 12.1. The molecule has 0 saturated heterocycles. The van der Waals surface area contributed by atoms with Gasteiger partial charge in [-0.05, 0) is 33.6 Å². The molecular weight excluding hydrogens is 433 g/mol. The van der Waals surface area contributed by atoms with E-state index in [9.17, 15) is 9.59 Å². The van der Waals surface area contributed by atoms with Crippen molar-refractivity contribution >= 4 is 41.8 Å². The van der Waals surface area contributed by atoms with E-state index in [4.69, 9.17) is 0 Å². The van der Waals surface area contributed by atoms with Gasteiger partial charge in [0.25, 0.3) is 0 Å². The molecule has 3 N–H and O–H groups in total. The highest BCUT2D eigenvalue weighted by Crippen LogP contribution is 2.18. The molecule has 0 radical (unpaired) electrons. The van der Waals surface area contributed by atoms with Crippen molar-refractivity contribution in [2.75, 3.05) is 33.7 Å². The Kier molecular flexibility index (Phi) is 11.0.